The van der Waals surface area contributed by atoms with Gasteiger partial charge in [0.1, 0.15) is 5.78 Å². The van der Waals surface area contributed by atoms with Crippen LogP contribution in [0.1, 0.15) is 36.3 Å². The Hall–Kier alpha value is -2.61. The van der Waals surface area contributed by atoms with Crippen LogP contribution in [0.25, 0.3) is 10.8 Å². The molecule has 3 aromatic rings. The van der Waals surface area contributed by atoms with E-state index in [1.54, 1.807) is 24.4 Å². The number of fused-ring (bicyclic) bond motifs is 1. The average Bonchev–Trinajstić information content (AvgIpc) is 3.65. The quantitative estimate of drug-likeness (QED) is 0.534. The zero-order valence-corrected chi connectivity index (χ0v) is 19.4. The molecule has 1 aliphatic heterocycles. The van der Waals surface area contributed by atoms with Gasteiger partial charge in [0.25, 0.3) is 0 Å². The molecule has 1 saturated carbocycles. The highest BCUT2D eigenvalue weighted by Crippen LogP contribution is 2.48. The minimum absolute atomic E-state index is 0.0428. The molecular weight excluding hydrogens is 434 g/mol. The van der Waals surface area contributed by atoms with E-state index in [2.05, 4.69) is 15.0 Å². The average molecular weight is 464 g/mol. The molecule has 2 N–H and O–H groups in total. The molecule has 2 aliphatic rings. The Morgan fingerprint density at radius 1 is 1.06 bits per heavy atom. The van der Waals surface area contributed by atoms with Crippen LogP contribution < -0.4 is 10.0 Å². The first-order chi connectivity index (χ1) is 16.0. The number of hydrogen-bond donors (Lipinski definition) is 2. The summed E-state index contributed by atoms with van der Waals surface area (Å²) in [5, 5.41) is 5.44. The van der Waals surface area contributed by atoms with Crippen molar-refractivity contribution in [2.75, 3.05) is 19.6 Å². The molecule has 1 aliphatic carbocycles. The number of nitrogens with one attached hydrogen (secondary N) is 2. The molecule has 2 fully saturated rings. The lowest BCUT2D eigenvalue weighted by Crippen LogP contribution is -2.36. The van der Waals surface area contributed by atoms with E-state index in [4.69, 9.17) is 0 Å². The van der Waals surface area contributed by atoms with Crippen molar-refractivity contribution in [3.05, 3.63) is 72.1 Å². The van der Waals surface area contributed by atoms with E-state index in [0.717, 1.165) is 54.3 Å². The van der Waals surface area contributed by atoms with Gasteiger partial charge in [-0.1, -0.05) is 30.3 Å². The first-order valence-electron chi connectivity index (χ1n) is 11.7. The second kappa shape index (κ2) is 9.33. The van der Waals surface area contributed by atoms with Gasteiger partial charge in [0.15, 0.2) is 0 Å². The number of hydrogen-bond acceptors (Lipinski definition) is 5. The molecule has 6 nitrogen and oxygen atoms in total. The van der Waals surface area contributed by atoms with E-state index in [1.807, 2.05) is 36.5 Å². The van der Waals surface area contributed by atoms with Gasteiger partial charge >= 0.3 is 0 Å². The smallest absolute Gasteiger partial charge is 0.240 e. The number of aromatic nitrogens is 1. The van der Waals surface area contributed by atoms with Gasteiger partial charge in [0.05, 0.1) is 4.90 Å². The Kier molecular flexibility index (Phi) is 6.27. The number of nitrogens with zero attached hydrogens (tertiary/aromatic N) is 1. The van der Waals surface area contributed by atoms with Crippen molar-refractivity contribution < 1.29 is 13.2 Å². The van der Waals surface area contributed by atoms with Crippen molar-refractivity contribution in [2.45, 2.75) is 36.5 Å². The normalized spacial score (nSPS) is 21.2. The second-order valence-corrected chi connectivity index (χ2v) is 11.0. The molecule has 2 aromatic carbocycles. The number of carbonyl (C=O) groups excluding carboxylic acids is 1. The van der Waals surface area contributed by atoms with Crippen LogP contribution in [0.5, 0.6) is 0 Å². The van der Waals surface area contributed by atoms with Crippen molar-refractivity contribution >= 4 is 26.6 Å². The van der Waals surface area contributed by atoms with Gasteiger partial charge in [0.2, 0.25) is 10.0 Å². The van der Waals surface area contributed by atoms with E-state index in [9.17, 15) is 13.2 Å². The van der Waals surface area contributed by atoms with Gasteiger partial charge in [-0.15, -0.1) is 0 Å². The monoisotopic (exact) mass is 463 g/mol. The summed E-state index contributed by atoms with van der Waals surface area (Å²) in [5.41, 5.74) is 1.94. The molecule has 0 unspecified atom stereocenters. The Bertz CT molecular complexity index is 1270. The van der Waals surface area contributed by atoms with E-state index in [1.165, 1.54) is 0 Å². The summed E-state index contributed by atoms with van der Waals surface area (Å²) in [7, 11) is -3.56. The molecule has 1 saturated heterocycles. The van der Waals surface area contributed by atoms with Crippen LogP contribution in [0, 0.1) is 11.8 Å². The van der Waals surface area contributed by atoms with Crippen molar-refractivity contribution in [3.8, 4) is 0 Å². The van der Waals surface area contributed by atoms with Gasteiger partial charge in [-0.25, -0.2) is 13.1 Å². The van der Waals surface area contributed by atoms with Crippen LogP contribution in [-0.2, 0) is 21.2 Å². The standard InChI is InChI=1S/C26H29N3O3S/c30-26(13-19-4-5-22-17-28-11-8-20(22)12-19)25-15-24(25)21-2-1-3-23(14-21)33(31,32)29-16-18-6-9-27-10-7-18/h1-5,8,11-12,14,17-18,24-25,27,29H,6-7,9-10,13,15-16H2/t24-,25+/m0/s1. The lowest BCUT2D eigenvalue weighted by molar-refractivity contribution is -0.119. The van der Waals surface area contributed by atoms with Crippen molar-refractivity contribution in [3.63, 3.8) is 0 Å². The number of carbonyl (C=O) groups is 1. The van der Waals surface area contributed by atoms with Gasteiger partial charge in [-0.3, -0.25) is 9.78 Å². The second-order valence-electron chi connectivity index (χ2n) is 9.27. The largest absolute Gasteiger partial charge is 0.317 e. The first-order valence-corrected chi connectivity index (χ1v) is 13.1. The lowest BCUT2D eigenvalue weighted by Gasteiger charge is -2.22. The van der Waals surface area contributed by atoms with E-state index in [0.29, 0.717) is 18.9 Å². The number of piperidine rings is 1. The fraction of sp³-hybridized carbons (Fsp3) is 0.385. The van der Waals surface area contributed by atoms with Gasteiger partial charge in [-0.05, 0) is 78.9 Å². The number of ketones is 1. The third kappa shape index (κ3) is 5.16. The third-order valence-electron chi connectivity index (χ3n) is 6.90. The van der Waals surface area contributed by atoms with Crippen LogP contribution in [-0.4, -0.2) is 38.8 Å². The van der Waals surface area contributed by atoms with Crippen LogP contribution >= 0.6 is 0 Å². The summed E-state index contributed by atoms with van der Waals surface area (Å²) in [4.78, 5) is 17.3. The number of rotatable bonds is 8. The first kappa shape index (κ1) is 22.2. The van der Waals surface area contributed by atoms with Gasteiger partial charge < -0.3 is 5.32 Å². The van der Waals surface area contributed by atoms with Gasteiger partial charge in [0, 0.05) is 36.7 Å². The number of benzene rings is 2. The molecule has 172 valence electrons. The molecular formula is C26H29N3O3S. The van der Waals surface area contributed by atoms with E-state index >= 15 is 0 Å². The summed E-state index contributed by atoms with van der Waals surface area (Å²) >= 11 is 0. The summed E-state index contributed by atoms with van der Waals surface area (Å²) < 4.78 is 28.5. The molecule has 0 radical (unpaired) electrons. The van der Waals surface area contributed by atoms with Crippen LogP contribution in [0.3, 0.4) is 0 Å². The minimum Gasteiger partial charge on any atom is -0.317 e. The molecule has 5 rings (SSSR count). The Morgan fingerprint density at radius 2 is 1.91 bits per heavy atom. The highest BCUT2D eigenvalue weighted by molar-refractivity contribution is 7.89. The topological polar surface area (TPSA) is 88.2 Å². The maximum absolute atomic E-state index is 12.9. The maximum Gasteiger partial charge on any atom is 0.240 e. The molecule has 0 bridgehead atoms. The minimum atomic E-state index is -3.56. The van der Waals surface area contributed by atoms with Crippen molar-refractivity contribution in [2.24, 2.45) is 11.8 Å². The van der Waals surface area contributed by atoms with Crippen molar-refractivity contribution in [1.82, 2.24) is 15.0 Å². The summed E-state index contributed by atoms with van der Waals surface area (Å²) in [6.07, 6.45) is 6.73. The van der Waals surface area contributed by atoms with Crippen LogP contribution in [0.4, 0.5) is 0 Å². The van der Waals surface area contributed by atoms with Crippen molar-refractivity contribution in [1.29, 1.82) is 0 Å². The number of pyridine rings is 1. The SMILES string of the molecule is O=C(Cc1ccc2cnccc2c1)[C@@H]1C[C@H]1c1cccc(S(=O)(=O)NCC2CCNCC2)c1. The van der Waals surface area contributed by atoms with E-state index in [-0.39, 0.29) is 22.5 Å². The number of sulfonamides is 1. The predicted octanol–water partition coefficient (Wildman–Crippen LogP) is 3.43. The summed E-state index contributed by atoms with van der Waals surface area (Å²) in [5.74, 6) is 0.646. The molecule has 1 aromatic heterocycles. The predicted molar refractivity (Wildman–Crippen MR) is 129 cm³/mol. The fourth-order valence-electron chi connectivity index (χ4n) is 4.80. The van der Waals surface area contributed by atoms with E-state index < -0.39 is 10.0 Å². The highest BCUT2D eigenvalue weighted by atomic mass is 32.2. The summed E-state index contributed by atoms with van der Waals surface area (Å²) in [6, 6.07) is 15.1. The molecule has 0 amide bonds. The van der Waals surface area contributed by atoms with Crippen LogP contribution in [0.2, 0.25) is 0 Å². The number of Topliss-reactive ketones (excluding diaryl/α,β-unsaturated/α-hetero) is 1. The third-order valence-corrected chi connectivity index (χ3v) is 8.33. The van der Waals surface area contributed by atoms with Gasteiger partial charge in [-0.2, -0.15) is 0 Å². The highest BCUT2D eigenvalue weighted by Gasteiger charge is 2.43. The molecule has 7 heteroatoms. The molecule has 0 spiro atoms. The maximum atomic E-state index is 12.9. The molecule has 2 atom stereocenters. The lowest BCUT2D eigenvalue weighted by atomic mass is 9.99. The Labute approximate surface area is 194 Å². The van der Waals surface area contributed by atoms with Crippen LogP contribution in [0.15, 0.2) is 65.8 Å². The Balaban J connectivity index is 1.22. The Morgan fingerprint density at radius 3 is 2.76 bits per heavy atom. The molecule has 2 heterocycles. The molecule has 33 heavy (non-hydrogen) atoms. The summed E-state index contributed by atoms with van der Waals surface area (Å²) in [6.45, 7) is 2.35. The fourth-order valence-corrected chi connectivity index (χ4v) is 5.97. The zero-order chi connectivity index (χ0) is 22.8. The zero-order valence-electron chi connectivity index (χ0n) is 18.5.